The van der Waals surface area contributed by atoms with Crippen molar-refractivity contribution in [2.24, 2.45) is 16.7 Å². The van der Waals surface area contributed by atoms with E-state index in [0.717, 1.165) is 23.0 Å². The van der Waals surface area contributed by atoms with Gasteiger partial charge in [0.15, 0.2) is 0 Å². The van der Waals surface area contributed by atoms with Crippen molar-refractivity contribution < 1.29 is 4.79 Å². The number of ketones is 1. The highest BCUT2D eigenvalue weighted by Gasteiger charge is 2.72. The van der Waals surface area contributed by atoms with Crippen LogP contribution in [0.15, 0.2) is 60.7 Å². The van der Waals surface area contributed by atoms with Crippen molar-refractivity contribution >= 4 is 13.9 Å². The van der Waals surface area contributed by atoms with Crippen LogP contribution in [-0.2, 0) is 4.79 Å². The van der Waals surface area contributed by atoms with Crippen molar-refractivity contribution in [3.8, 4) is 0 Å². The van der Waals surface area contributed by atoms with Crippen LogP contribution >= 0.6 is 0 Å². The number of carbonyl (C=O) groups is 1. The molecular formula is C31H44OSi. The highest BCUT2D eigenvalue weighted by molar-refractivity contribution is 6.83. The third-order valence-corrected chi connectivity index (χ3v) is 18.0. The van der Waals surface area contributed by atoms with Gasteiger partial charge in [-0.2, -0.15) is 0 Å². The first-order valence-electron chi connectivity index (χ1n) is 13.2. The highest BCUT2D eigenvalue weighted by Crippen LogP contribution is 2.74. The van der Waals surface area contributed by atoms with Crippen LogP contribution in [0.3, 0.4) is 0 Å². The lowest BCUT2D eigenvalue weighted by Crippen LogP contribution is -2.49. The molecule has 0 unspecified atom stereocenters. The molecule has 0 aliphatic heterocycles. The van der Waals surface area contributed by atoms with Crippen LogP contribution < -0.4 is 0 Å². The molecule has 2 aromatic rings. The molecule has 0 amide bonds. The van der Waals surface area contributed by atoms with Crippen molar-refractivity contribution in [2.75, 3.05) is 0 Å². The molecule has 1 nitrogen and oxygen atoms in total. The Balaban J connectivity index is 1.87. The van der Waals surface area contributed by atoms with E-state index in [1.807, 2.05) is 0 Å². The summed E-state index contributed by atoms with van der Waals surface area (Å²) in [6.45, 7) is 19.4. The van der Waals surface area contributed by atoms with E-state index in [1.165, 1.54) is 17.2 Å². The van der Waals surface area contributed by atoms with Crippen molar-refractivity contribution in [1.82, 2.24) is 0 Å². The van der Waals surface area contributed by atoms with Crippen LogP contribution in [0, 0.1) is 16.7 Å². The van der Waals surface area contributed by atoms with Gasteiger partial charge in [0.25, 0.3) is 0 Å². The second kappa shape index (κ2) is 8.52. The molecule has 2 fully saturated rings. The third-order valence-electron chi connectivity index (χ3n) is 10.3. The van der Waals surface area contributed by atoms with E-state index in [-0.39, 0.29) is 22.7 Å². The molecule has 4 rings (SSSR count). The van der Waals surface area contributed by atoms with E-state index in [1.54, 1.807) is 0 Å². The Morgan fingerprint density at radius 1 is 0.758 bits per heavy atom. The second-order valence-electron chi connectivity index (χ2n) is 12.5. The van der Waals surface area contributed by atoms with Crippen molar-refractivity contribution in [3.05, 3.63) is 71.8 Å². The topological polar surface area (TPSA) is 17.1 Å². The first-order valence-corrected chi connectivity index (χ1v) is 15.6. The van der Waals surface area contributed by atoms with E-state index in [2.05, 4.69) is 116 Å². The molecule has 2 bridgehead atoms. The standard InChI is InChI=1S/C31H44OSi/c1-21(2)33(22(3)4,23(5)6)20-26-19-30(7)27(24-15-11-9-12-16-24)28(31(26,8)29(30)32)25-17-13-10-14-18-25/h9-18,21-23,26-28H,19-20H2,1-8H3/t26-,27+,28+,30+,31-/m0/s1. The average molecular weight is 461 g/mol. The van der Waals surface area contributed by atoms with Gasteiger partial charge >= 0.3 is 0 Å². The lowest BCUT2D eigenvalue weighted by Gasteiger charge is -2.50. The maximum absolute atomic E-state index is 14.4. The molecule has 2 aliphatic carbocycles. The highest BCUT2D eigenvalue weighted by atomic mass is 28.3. The lowest BCUT2D eigenvalue weighted by molar-refractivity contribution is -0.129. The molecule has 178 valence electrons. The summed E-state index contributed by atoms with van der Waals surface area (Å²) >= 11 is 0. The summed E-state index contributed by atoms with van der Waals surface area (Å²) in [5.74, 6) is 1.50. The molecule has 0 radical (unpaired) electrons. The molecule has 2 heteroatoms. The van der Waals surface area contributed by atoms with Gasteiger partial charge in [-0.3, -0.25) is 4.79 Å². The van der Waals surface area contributed by atoms with Crippen molar-refractivity contribution in [3.63, 3.8) is 0 Å². The van der Waals surface area contributed by atoms with Gasteiger partial charge in [0.2, 0.25) is 0 Å². The van der Waals surface area contributed by atoms with Crippen LogP contribution in [0.4, 0.5) is 0 Å². The van der Waals surface area contributed by atoms with Gasteiger partial charge in [-0.25, -0.2) is 0 Å². The molecule has 0 saturated heterocycles. The monoisotopic (exact) mass is 460 g/mol. The van der Waals surface area contributed by atoms with E-state index < -0.39 is 8.07 Å². The molecule has 2 aliphatic rings. The van der Waals surface area contributed by atoms with E-state index in [9.17, 15) is 4.79 Å². The summed E-state index contributed by atoms with van der Waals surface area (Å²) in [5, 5.41) is 0. The van der Waals surface area contributed by atoms with Crippen LogP contribution in [0.2, 0.25) is 22.7 Å². The molecule has 2 saturated carbocycles. The zero-order valence-electron chi connectivity index (χ0n) is 22.1. The Hall–Kier alpha value is -1.67. The fraction of sp³-hybridized carbons (Fsp3) is 0.581. The Kier molecular flexibility index (Phi) is 6.31. The SMILES string of the molecule is CC(C)[Si](C[C@@H]1C[C@@]2(C)C(=O)[C@]1(C)[C@H](c1ccccc1)[C@H]2c1ccccc1)(C(C)C)C(C)C. The normalized spacial score (nSPS) is 31.8. The Morgan fingerprint density at radius 2 is 1.18 bits per heavy atom. The minimum absolute atomic E-state index is 0.246. The second-order valence-corrected chi connectivity index (χ2v) is 18.6. The van der Waals surface area contributed by atoms with E-state index in [0.29, 0.717) is 11.7 Å². The van der Waals surface area contributed by atoms with Gasteiger partial charge in [0.05, 0.1) is 8.07 Å². The minimum atomic E-state index is -1.62. The van der Waals surface area contributed by atoms with Gasteiger partial charge in [0.1, 0.15) is 5.78 Å². The summed E-state index contributed by atoms with van der Waals surface area (Å²) in [6.07, 6.45) is 1.05. The predicted molar refractivity (Wildman–Crippen MR) is 144 cm³/mol. The molecule has 0 N–H and O–H groups in total. The molecule has 0 spiro atoms. The molecule has 0 heterocycles. The smallest absolute Gasteiger partial charge is 0.146 e. The number of rotatable bonds is 7. The predicted octanol–water partition coefficient (Wildman–Crippen LogP) is 8.85. The average Bonchev–Trinajstić information content (AvgIpc) is 3.08. The fourth-order valence-corrected chi connectivity index (χ4v) is 15.7. The minimum Gasteiger partial charge on any atom is -0.298 e. The quantitative estimate of drug-likeness (QED) is 0.377. The Morgan fingerprint density at radius 3 is 1.61 bits per heavy atom. The molecule has 0 aromatic heterocycles. The lowest BCUT2D eigenvalue weighted by atomic mass is 9.59. The van der Waals surface area contributed by atoms with Gasteiger partial charge in [-0.05, 0) is 23.5 Å². The summed E-state index contributed by atoms with van der Waals surface area (Å²) in [5.41, 5.74) is 4.28. The van der Waals surface area contributed by atoms with Crippen LogP contribution in [0.1, 0.15) is 84.8 Å². The number of benzene rings is 2. The fourth-order valence-electron chi connectivity index (χ4n) is 8.83. The summed E-state index contributed by atoms with van der Waals surface area (Å²) in [4.78, 5) is 14.4. The maximum atomic E-state index is 14.4. The first kappa shape index (κ1) is 24.5. The zero-order chi connectivity index (χ0) is 24.2. The van der Waals surface area contributed by atoms with E-state index in [4.69, 9.17) is 0 Å². The molecule has 2 aromatic carbocycles. The number of carbonyl (C=O) groups excluding carboxylic acids is 1. The van der Waals surface area contributed by atoms with Gasteiger partial charge in [-0.1, -0.05) is 139 Å². The Labute approximate surface area is 203 Å². The molecule has 33 heavy (non-hydrogen) atoms. The van der Waals surface area contributed by atoms with Gasteiger partial charge in [0, 0.05) is 22.7 Å². The first-order chi connectivity index (χ1) is 15.5. The zero-order valence-corrected chi connectivity index (χ0v) is 23.1. The van der Waals surface area contributed by atoms with Crippen LogP contribution in [0.5, 0.6) is 0 Å². The van der Waals surface area contributed by atoms with E-state index >= 15 is 0 Å². The third kappa shape index (κ3) is 3.42. The number of Topliss-reactive ketones (excluding diaryl/α,β-unsaturated/α-hetero) is 1. The maximum Gasteiger partial charge on any atom is 0.146 e. The van der Waals surface area contributed by atoms with Gasteiger partial charge < -0.3 is 0 Å². The van der Waals surface area contributed by atoms with Crippen molar-refractivity contribution in [1.29, 1.82) is 0 Å². The number of hydrogen-bond donors (Lipinski definition) is 0. The summed E-state index contributed by atoms with van der Waals surface area (Å²) < 4.78 is 0. The van der Waals surface area contributed by atoms with Crippen molar-refractivity contribution in [2.45, 2.75) is 96.3 Å². The number of fused-ring (bicyclic) bond motifs is 2. The molecule has 5 atom stereocenters. The van der Waals surface area contributed by atoms with Crippen LogP contribution in [-0.4, -0.2) is 13.9 Å². The Bertz CT molecular complexity index is 957. The summed E-state index contributed by atoms with van der Waals surface area (Å²) in [7, 11) is -1.62. The largest absolute Gasteiger partial charge is 0.298 e. The van der Waals surface area contributed by atoms with Gasteiger partial charge in [-0.15, -0.1) is 0 Å². The summed E-state index contributed by atoms with van der Waals surface area (Å²) in [6, 6.07) is 23.1. The molecular weight excluding hydrogens is 416 g/mol. The van der Waals surface area contributed by atoms with Crippen LogP contribution in [0.25, 0.3) is 0 Å². The number of hydrogen-bond acceptors (Lipinski definition) is 1.